The van der Waals surface area contributed by atoms with Crippen LogP contribution in [0.15, 0.2) is 72.8 Å². The van der Waals surface area contributed by atoms with Crippen LogP contribution < -0.4 is 19.1 Å². The smallest absolute Gasteiger partial charge is 0.436 e. The van der Waals surface area contributed by atoms with E-state index in [0.717, 1.165) is 4.68 Å². The van der Waals surface area contributed by atoms with Crippen LogP contribution in [0.2, 0.25) is 0 Å². The fourth-order valence-electron chi connectivity index (χ4n) is 3.78. The number of benzene rings is 3. The number of amides is 1. The van der Waals surface area contributed by atoms with Crippen LogP contribution in [0.1, 0.15) is 26.4 Å². The van der Waals surface area contributed by atoms with Crippen molar-refractivity contribution in [3.8, 4) is 28.8 Å². The van der Waals surface area contributed by atoms with Crippen LogP contribution in [0, 0.1) is 0 Å². The number of carbonyl (C=O) groups is 2. The summed E-state index contributed by atoms with van der Waals surface area (Å²) in [5, 5.41) is 3.64. The molecule has 0 saturated carbocycles. The Morgan fingerprint density at radius 2 is 1.78 bits per heavy atom. The van der Waals surface area contributed by atoms with E-state index >= 15 is 0 Å². The SMILES string of the molecule is CN(C(=O)c1cccc(-n2nc(C(F)(F)F)c(C=O)c2Oc2ccccc2)c1)c1ccc2c(c1)OCO2. The third kappa shape index (κ3) is 4.58. The summed E-state index contributed by atoms with van der Waals surface area (Å²) in [6.45, 7) is 0.0818. The lowest BCUT2D eigenvalue weighted by Crippen LogP contribution is -2.26. The minimum absolute atomic E-state index is 0.0486. The number of halogens is 3. The maximum absolute atomic E-state index is 13.7. The van der Waals surface area contributed by atoms with Crippen molar-refractivity contribution in [1.29, 1.82) is 0 Å². The number of aldehydes is 1. The quantitative estimate of drug-likeness (QED) is 0.319. The fourth-order valence-corrected chi connectivity index (χ4v) is 3.78. The molecule has 11 heteroatoms. The van der Waals surface area contributed by atoms with Gasteiger partial charge in [0, 0.05) is 24.4 Å². The molecule has 1 aliphatic heterocycles. The second-order valence-corrected chi connectivity index (χ2v) is 7.96. The van der Waals surface area contributed by atoms with Crippen molar-refractivity contribution >= 4 is 17.9 Å². The third-order valence-corrected chi connectivity index (χ3v) is 5.61. The first-order valence-electron chi connectivity index (χ1n) is 10.9. The summed E-state index contributed by atoms with van der Waals surface area (Å²) in [5.74, 6) is 0.386. The van der Waals surface area contributed by atoms with Gasteiger partial charge in [-0.25, -0.2) is 0 Å². The molecule has 0 saturated heterocycles. The molecule has 0 bridgehead atoms. The van der Waals surface area contributed by atoms with E-state index in [4.69, 9.17) is 14.2 Å². The molecule has 0 atom stereocenters. The van der Waals surface area contributed by atoms with Gasteiger partial charge in [0.1, 0.15) is 11.3 Å². The highest BCUT2D eigenvalue weighted by Gasteiger charge is 2.40. The number of hydrogen-bond donors (Lipinski definition) is 0. The topological polar surface area (TPSA) is 82.9 Å². The number of alkyl halides is 3. The van der Waals surface area contributed by atoms with Crippen LogP contribution in [0.3, 0.4) is 0 Å². The summed E-state index contributed by atoms with van der Waals surface area (Å²) in [6, 6.07) is 18.9. The van der Waals surface area contributed by atoms with E-state index in [0.29, 0.717) is 17.2 Å². The molecule has 3 aromatic carbocycles. The predicted molar refractivity (Wildman–Crippen MR) is 126 cm³/mol. The van der Waals surface area contributed by atoms with E-state index in [9.17, 15) is 22.8 Å². The Morgan fingerprint density at radius 3 is 2.51 bits per heavy atom. The van der Waals surface area contributed by atoms with Crippen molar-refractivity contribution in [3.63, 3.8) is 0 Å². The zero-order chi connectivity index (χ0) is 26.2. The van der Waals surface area contributed by atoms with E-state index in [2.05, 4.69) is 5.10 Å². The first-order chi connectivity index (χ1) is 17.8. The molecule has 37 heavy (non-hydrogen) atoms. The zero-order valence-electron chi connectivity index (χ0n) is 19.2. The maximum Gasteiger partial charge on any atom is 0.436 e. The van der Waals surface area contributed by atoms with Gasteiger partial charge in [0.05, 0.1) is 5.69 Å². The molecule has 0 aliphatic carbocycles. The van der Waals surface area contributed by atoms with Gasteiger partial charge in [-0.1, -0.05) is 24.3 Å². The number of nitrogens with zero attached hydrogens (tertiary/aromatic N) is 3. The van der Waals surface area contributed by atoms with Gasteiger partial charge in [0.25, 0.3) is 5.91 Å². The monoisotopic (exact) mass is 509 g/mol. The molecular weight excluding hydrogens is 491 g/mol. The fraction of sp³-hybridized carbons (Fsp3) is 0.115. The molecule has 0 spiro atoms. The Labute approximate surface area is 208 Å². The molecular formula is C26H18F3N3O5. The van der Waals surface area contributed by atoms with Crippen molar-refractivity contribution in [1.82, 2.24) is 9.78 Å². The van der Waals surface area contributed by atoms with Gasteiger partial charge in [0.15, 0.2) is 23.5 Å². The summed E-state index contributed by atoms with van der Waals surface area (Å²) >= 11 is 0. The number of para-hydroxylation sites is 1. The number of carbonyl (C=O) groups excluding carboxylic acids is 2. The van der Waals surface area contributed by atoms with Gasteiger partial charge >= 0.3 is 6.18 Å². The average Bonchev–Trinajstić information content (AvgIpc) is 3.52. The summed E-state index contributed by atoms with van der Waals surface area (Å²) in [7, 11) is 1.55. The van der Waals surface area contributed by atoms with Crippen LogP contribution >= 0.6 is 0 Å². The minimum atomic E-state index is -4.91. The highest BCUT2D eigenvalue weighted by atomic mass is 19.4. The van der Waals surface area contributed by atoms with Crippen LogP contribution in [0.5, 0.6) is 23.1 Å². The molecule has 0 unspecified atom stereocenters. The molecule has 1 amide bonds. The largest absolute Gasteiger partial charge is 0.454 e. The number of aromatic nitrogens is 2. The molecule has 188 valence electrons. The van der Waals surface area contributed by atoms with Gasteiger partial charge in [-0.2, -0.15) is 23.0 Å². The molecule has 0 fully saturated rings. The Balaban J connectivity index is 1.54. The summed E-state index contributed by atoms with van der Waals surface area (Å²) in [6.07, 6.45) is -4.86. The van der Waals surface area contributed by atoms with Crippen molar-refractivity contribution < 1.29 is 37.0 Å². The number of fused-ring (bicyclic) bond motifs is 1. The lowest BCUT2D eigenvalue weighted by molar-refractivity contribution is -0.141. The van der Waals surface area contributed by atoms with Crippen LogP contribution in [-0.4, -0.2) is 35.8 Å². The predicted octanol–water partition coefficient (Wildman–Crippen LogP) is 5.50. The van der Waals surface area contributed by atoms with Gasteiger partial charge in [-0.3, -0.25) is 9.59 Å². The first-order valence-corrected chi connectivity index (χ1v) is 10.9. The second-order valence-electron chi connectivity index (χ2n) is 7.96. The molecule has 0 radical (unpaired) electrons. The van der Waals surface area contributed by atoms with Crippen molar-refractivity contribution in [2.24, 2.45) is 0 Å². The molecule has 1 aliphatic rings. The van der Waals surface area contributed by atoms with Gasteiger partial charge in [-0.05, 0) is 42.5 Å². The van der Waals surface area contributed by atoms with Crippen LogP contribution in [0.4, 0.5) is 18.9 Å². The standard InChI is InChI=1S/C26H18F3N3O5/c1-31(17-10-11-21-22(13-17)36-15-35-21)24(34)16-6-5-7-18(12-16)32-25(37-19-8-3-2-4-9-19)20(14-33)23(30-32)26(27,28)29/h2-14H,15H2,1H3. The zero-order valence-corrected chi connectivity index (χ0v) is 19.2. The molecule has 2 heterocycles. The highest BCUT2D eigenvalue weighted by molar-refractivity contribution is 6.06. The van der Waals surface area contributed by atoms with E-state index in [1.807, 2.05) is 0 Å². The van der Waals surface area contributed by atoms with Crippen LogP contribution in [0.25, 0.3) is 5.69 Å². The van der Waals surface area contributed by atoms with E-state index in [1.54, 1.807) is 43.4 Å². The maximum atomic E-state index is 13.7. The lowest BCUT2D eigenvalue weighted by atomic mass is 10.1. The Morgan fingerprint density at radius 1 is 1.03 bits per heavy atom. The second kappa shape index (κ2) is 9.34. The molecule has 1 aromatic heterocycles. The van der Waals surface area contributed by atoms with Crippen molar-refractivity contribution in [3.05, 3.63) is 89.6 Å². The van der Waals surface area contributed by atoms with Gasteiger partial charge in [-0.15, -0.1) is 0 Å². The minimum Gasteiger partial charge on any atom is -0.454 e. The summed E-state index contributed by atoms with van der Waals surface area (Å²) in [4.78, 5) is 26.3. The number of hydrogen-bond acceptors (Lipinski definition) is 6. The molecule has 5 rings (SSSR count). The Bertz CT molecular complexity index is 1480. The van der Waals surface area contributed by atoms with Gasteiger partial charge < -0.3 is 19.1 Å². The summed E-state index contributed by atoms with van der Waals surface area (Å²) < 4.78 is 58.3. The average molecular weight is 509 g/mol. The van der Waals surface area contributed by atoms with E-state index in [-0.39, 0.29) is 30.1 Å². The molecule has 0 N–H and O–H groups in total. The van der Waals surface area contributed by atoms with Gasteiger partial charge in [0.2, 0.25) is 12.7 Å². The number of ether oxygens (including phenoxy) is 3. The van der Waals surface area contributed by atoms with Crippen molar-refractivity contribution in [2.45, 2.75) is 6.18 Å². The van der Waals surface area contributed by atoms with Crippen LogP contribution in [-0.2, 0) is 6.18 Å². The molecule has 8 nitrogen and oxygen atoms in total. The van der Waals surface area contributed by atoms with E-state index in [1.165, 1.54) is 41.3 Å². The highest BCUT2D eigenvalue weighted by Crippen LogP contribution is 2.38. The summed E-state index contributed by atoms with van der Waals surface area (Å²) in [5.41, 5.74) is -1.38. The Hall–Kier alpha value is -4.80. The number of anilines is 1. The number of rotatable bonds is 6. The Kier molecular flexibility index (Phi) is 6.04. The lowest BCUT2D eigenvalue weighted by Gasteiger charge is -2.18. The third-order valence-electron chi connectivity index (χ3n) is 5.61. The molecule has 4 aromatic rings. The normalized spacial score (nSPS) is 12.3. The van der Waals surface area contributed by atoms with E-state index < -0.39 is 29.2 Å². The van der Waals surface area contributed by atoms with Crippen molar-refractivity contribution in [2.75, 3.05) is 18.7 Å². The first kappa shape index (κ1) is 23.9.